The van der Waals surface area contributed by atoms with Crippen molar-refractivity contribution in [1.82, 2.24) is 15.2 Å². The van der Waals surface area contributed by atoms with Crippen LogP contribution in [0.1, 0.15) is 11.4 Å². The van der Waals surface area contributed by atoms with Crippen LogP contribution < -0.4 is 10.5 Å². The van der Waals surface area contributed by atoms with Gasteiger partial charge in [0.2, 0.25) is 0 Å². The first kappa shape index (κ1) is 15.4. The summed E-state index contributed by atoms with van der Waals surface area (Å²) in [5.74, 6) is -1.01. The predicted molar refractivity (Wildman–Crippen MR) is 75.9 cm³/mol. The van der Waals surface area contributed by atoms with Crippen LogP contribution in [0.5, 0.6) is 0 Å². The van der Waals surface area contributed by atoms with E-state index in [9.17, 15) is 12.8 Å². The largest absolute Gasteiger partial charge is 0.396 e. The average Bonchev–Trinajstić information content (AvgIpc) is 2.37. The van der Waals surface area contributed by atoms with Crippen molar-refractivity contribution < 1.29 is 12.8 Å². The SMILES string of the molecule is Cc1nnc(NS(=O)(=O)c2cc(N)c(F)cc2Cl)nc1C. The topological polar surface area (TPSA) is 111 Å². The van der Waals surface area contributed by atoms with Crippen molar-refractivity contribution in [2.24, 2.45) is 0 Å². The molecule has 2 aromatic rings. The number of nitrogens with zero attached hydrogens (tertiary/aromatic N) is 3. The van der Waals surface area contributed by atoms with Gasteiger partial charge in [-0.05, 0) is 26.0 Å². The van der Waals surface area contributed by atoms with Gasteiger partial charge < -0.3 is 5.73 Å². The number of aryl methyl sites for hydroxylation is 2. The maximum Gasteiger partial charge on any atom is 0.265 e. The Hall–Kier alpha value is -2.00. The van der Waals surface area contributed by atoms with Crippen LogP contribution in [0.15, 0.2) is 17.0 Å². The molecule has 0 spiro atoms. The molecule has 0 aliphatic rings. The Morgan fingerprint density at radius 1 is 1.24 bits per heavy atom. The molecule has 0 atom stereocenters. The van der Waals surface area contributed by atoms with Crippen molar-refractivity contribution in [3.8, 4) is 0 Å². The monoisotopic (exact) mass is 331 g/mol. The highest BCUT2D eigenvalue weighted by Gasteiger charge is 2.21. The number of sulfonamides is 1. The Morgan fingerprint density at radius 2 is 1.90 bits per heavy atom. The summed E-state index contributed by atoms with van der Waals surface area (Å²) < 4.78 is 39.7. The summed E-state index contributed by atoms with van der Waals surface area (Å²) in [4.78, 5) is 3.57. The Kier molecular flexibility index (Phi) is 3.97. The summed E-state index contributed by atoms with van der Waals surface area (Å²) in [6, 6.07) is 1.75. The zero-order valence-corrected chi connectivity index (χ0v) is 12.6. The molecule has 0 bridgehead atoms. The molecule has 112 valence electrons. The smallest absolute Gasteiger partial charge is 0.265 e. The van der Waals surface area contributed by atoms with Crippen molar-refractivity contribution in [2.75, 3.05) is 10.5 Å². The van der Waals surface area contributed by atoms with Gasteiger partial charge in [0.1, 0.15) is 10.7 Å². The molecular weight excluding hydrogens is 321 g/mol. The van der Waals surface area contributed by atoms with Gasteiger partial charge in [-0.1, -0.05) is 11.6 Å². The fourth-order valence-corrected chi connectivity index (χ4v) is 2.92. The van der Waals surface area contributed by atoms with Gasteiger partial charge in [-0.2, -0.15) is 5.10 Å². The first-order valence-corrected chi connectivity index (χ1v) is 7.52. The van der Waals surface area contributed by atoms with Crippen LogP contribution in [-0.2, 0) is 10.0 Å². The number of anilines is 2. The van der Waals surface area contributed by atoms with E-state index in [4.69, 9.17) is 17.3 Å². The molecule has 0 aliphatic carbocycles. The summed E-state index contributed by atoms with van der Waals surface area (Å²) >= 11 is 5.74. The van der Waals surface area contributed by atoms with E-state index < -0.39 is 15.8 Å². The first-order valence-electron chi connectivity index (χ1n) is 5.66. The second-order valence-electron chi connectivity index (χ2n) is 4.22. The quantitative estimate of drug-likeness (QED) is 0.827. The number of hydrogen-bond donors (Lipinski definition) is 2. The van der Waals surface area contributed by atoms with Crippen LogP contribution >= 0.6 is 11.6 Å². The van der Waals surface area contributed by atoms with E-state index in [-0.39, 0.29) is 21.6 Å². The molecular formula is C11H11ClFN5O2S. The molecule has 10 heteroatoms. The highest BCUT2D eigenvalue weighted by molar-refractivity contribution is 7.92. The van der Waals surface area contributed by atoms with Gasteiger partial charge in [0, 0.05) is 0 Å². The molecule has 2 rings (SSSR count). The molecule has 0 saturated heterocycles. The minimum Gasteiger partial charge on any atom is -0.396 e. The third-order valence-electron chi connectivity index (χ3n) is 2.66. The number of aromatic nitrogens is 3. The maximum absolute atomic E-state index is 13.2. The van der Waals surface area contributed by atoms with E-state index in [2.05, 4.69) is 19.9 Å². The second-order valence-corrected chi connectivity index (χ2v) is 6.27. The van der Waals surface area contributed by atoms with Crippen LogP contribution in [-0.4, -0.2) is 23.6 Å². The average molecular weight is 332 g/mol. The van der Waals surface area contributed by atoms with Crippen LogP contribution in [0.4, 0.5) is 16.0 Å². The standard InChI is InChI=1S/C11H11ClFN5O2S/c1-5-6(2)16-17-11(15-5)18-21(19,20)10-4-9(14)8(13)3-7(10)12/h3-4H,14H2,1-2H3,(H,15,17,18). The molecule has 1 aromatic carbocycles. The van der Waals surface area contributed by atoms with Crippen molar-refractivity contribution in [2.45, 2.75) is 18.7 Å². The Bertz CT molecular complexity index is 813. The molecule has 0 fully saturated rings. The van der Waals surface area contributed by atoms with Gasteiger partial charge in [0.25, 0.3) is 16.0 Å². The molecule has 21 heavy (non-hydrogen) atoms. The summed E-state index contributed by atoms with van der Waals surface area (Å²) in [6.07, 6.45) is 0. The lowest BCUT2D eigenvalue weighted by Crippen LogP contribution is -2.17. The number of rotatable bonds is 3. The van der Waals surface area contributed by atoms with Gasteiger partial charge in [-0.25, -0.2) is 22.5 Å². The molecule has 0 aliphatic heterocycles. The van der Waals surface area contributed by atoms with E-state index >= 15 is 0 Å². The highest BCUT2D eigenvalue weighted by Crippen LogP contribution is 2.27. The third-order valence-corrected chi connectivity index (χ3v) is 4.45. The van der Waals surface area contributed by atoms with Crippen LogP contribution in [0, 0.1) is 19.7 Å². The van der Waals surface area contributed by atoms with Gasteiger partial charge in [0.05, 0.1) is 22.1 Å². The number of halogens is 2. The normalized spacial score (nSPS) is 11.4. The summed E-state index contributed by atoms with van der Waals surface area (Å²) in [7, 11) is -4.11. The van der Waals surface area contributed by atoms with E-state index in [0.29, 0.717) is 11.4 Å². The minimum absolute atomic E-state index is 0.211. The maximum atomic E-state index is 13.2. The van der Waals surface area contributed by atoms with Crippen LogP contribution in [0.2, 0.25) is 5.02 Å². The number of nitrogen functional groups attached to an aromatic ring is 1. The fourth-order valence-electron chi connectivity index (χ4n) is 1.43. The van der Waals surface area contributed by atoms with Crippen molar-refractivity contribution in [3.05, 3.63) is 34.4 Å². The number of nitrogens with one attached hydrogen (secondary N) is 1. The summed E-state index contributed by atoms with van der Waals surface area (Å²) in [6.45, 7) is 3.34. The molecule has 0 saturated carbocycles. The zero-order valence-electron chi connectivity index (χ0n) is 11.1. The molecule has 1 heterocycles. The third kappa shape index (κ3) is 3.19. The molecule has 7 nitrogen and oxygen atoms in total. The number of benzene rings is 1. The first-order chi connectivity index (χ1) is 9.70. The van der Waals surface area contributed by atoms with E-state index in [1.165, 1.54) is 0 Å². The molecule has 1 aromatic heterocycles. The van der Waals surface area contributed by atoms with E-state index in [1.54, 1.807) is 13.8 Å². The van der Waals surface area contributed by atoms with Crippen LogP contribution in [0.3, 0.4) is 0 Å². The van der Waals surface area contributed by atoms with E-state index in [0.717, 1.165) is 12.1 Å². The molecule has 3 N–H and O–H groups in total. The fraction of sp³-hybridized carbons (Fsp3) is 0.182. The molecule has 0 amide bonds. The lowest BCUT2D eigenvalue weighted by atomic mass is 10.3. The summed E-state index contributed by atoms with van der Waals surface area (Å²) in [5, 5.41) is 7.07. The van der Waals surface area contributed by atoms with Gasteiger partial charge in [-0.3, -0.25) is 0 Å². The lowest BCUT2D eigenvalue weighted by Gasteiger charge is -2.09. The predicted octanol–water partition coefficient (Wildman–Crippen LogP) is 1.66. The van der Waals surface area contributed by atoms with E-state index in [1.807, 2.05) is 0 Å². The number of nitrogens with two attached hydrogens (primary N) is 1. The second kappa shape index (κ2) is 5.41. The van der Waals surface area contributed by atoms with Crippen LogP contribution in [0.25, 0.3) is 0 Å². The Labute approximate surface area is 125 Å². The minimum atomic E-state index is -4.11. The molecule has 0 unspecified atom stereocenters. The summed E-state index contributed by atoms with van der Waals surface area (Å²) in [5.41, 5.74) is 6.11. The zero-order chi connectivity index (χ0) is 15.8. The van der Waals surface area contributed by atoms with Gasteiger partial charge in [0.15, 0.2) is 0 Å². The Morgan fingerprint density at radius 3 is 2.52 bits per heavy atom. The van der Waals surface area contributed by atoms with Gasteiger partial charge >= 0.3 is 0 Å². The number of hydrogen-bond acceptors (Lipinski definition) is 6. The van der Waals surface area contributed by atoms with Crippen molar-refractivity contribution >= 4 is 33.3 Å². The highest BCUT2D eigenvalue weighted by atomic mass is 35.5. The lowest BCUT2D eigenvalue weighted by molar-refractivity contribution is 0.599. The van der Waals surface area contributed by atoms with Crippen molar-refractivity contribution in [1.29, 1.82) is 0 Å². The van der Waals surface area contributed by atoms with Gasteiger partial charge in [-0.15, -0.1) is 5.10 Å². The molecule has 0 radical (unpaired) electrons. The Balaban J connectivity index is 2.43. The van der Waals surface area contributed by atoms with Crippen molar-refractivity contribution in [3.63, 3.8) is 0 Å².